The number of carbonyl (C=O) groups is 2. The van der Waals surface area contributed by atoms with Crippen molar-refractivity contribution in [1.29, 1.82) is 0 Å². The summed E-state index contributed by atoms with van der Waals surface area (Å²) in [5, 5.41) is 2.60. The first-order valence-electron chi connectivity index (χ1n) is 3.79. The molecule has 12 heavy (non-hydrogen) atoms. The van der Waals surface area contributed by atoms with Gasteiger partial charge in [-0.3, -0.25) is 4.79 Å². The Hall–Kier alpha value is -1.12. The highest BCUT2D eigenvalue weighted by atomic mass is 16.1. The first-order valence-corrected chi connectivity index (χ1v) is 3.79. The SMILES string of the molecule is C=C(C)C(=O)NCC(C)(C)C=O. The molecular formula is C9H15NO2. The van der Waals surface area contributed by atoms with E-state index in [1.54, 1.807) is 20.8 Å². The normalized spacial score (nSPS) is 10.6. The summed E-state index contributed by atoms with van der Waals surface area (Å²) in [4.78, 5) is 21.4. The van der Waals surface area contributed by atoms with Crippen molar-refractivity contribution in [3.63, 3.8) is 0 Å². The van der Waals surface area contributed by atoms with Crippen LogP contribution in [-0.2, 0) is 9.59 Å². The zero-order valence-corrected chi connectivity index (χ0v) is 7.81. The van der Waals surface area contributed by atoms with Gasteiger partial charge in [-0.15, -0.1) is 0 Å². The van der Waals surface area contributed by atoms with Crippen molar-refractivity contribution < 1.29 is 9.59 Å². The summed E-state index contributed by atoms with van der Waals surface area (Å²) in [6, 6.07) is 0. The molecule has 0 radical (unpaired) electrons. The van der Waals surface area contributed by atoms with Gasteiger partial charge in [0.05, 0.1) is 0 Å². The Labute approximate surface area is 72.8 Å². The van der Waals surface area contributed by atoms with E-state index in [1.807, 2.05) is 0 Å². The van der Waals surface area contributed by atoms with E-state index in [0.29, 0.717) is 12.1 Å². The predicted molar refractivity (Wildman–Crippen MR) is 47.7 cm³/mol. The van der Waals surface area contributed by atoms with Crippen molar-refractivity contribution in [3.05, 3.63) is 12.2 Å². The number of hydrogen-bond donors (Lipinski definition) is 1. The van der Waals surface area contributed by atoms with Gasteiger partial charge in [0.25, 0.3) is 0 Å². The van der Waals surface area contributed by atoms with E-state index in [1.165, 1.54) is 0 Å². The number of aldehydes is 1. The van der Waals surface area contributed by atoms with E-state index < -0.39 is 5.41 Å². The summed E-state index contributed by atoms with van der Waals surface area (Å²) in [5.41, 5.74) is -0.0397. The lowest BCUT2D eigenvalue weighted by molar-refractivity contribution is -0.119. The molecule has 0 saturated heterocycles. The molecule has 0 atom stereocenters. The average molecular weight is 169 g/mol. The maximum Gasteiger partial charge on any atom is 0.246 e. The molecule has 0 spiro atoms. The Morgan fingerprint density at radius 2 is 2.08 bits per heavy atom. The standard InChI is InChI=1S/C9H15NO2/c1-7(2)8(12)10-5-9(3,4)6-11/h6H,1,5H2,2-4H3,(H,10,12). The topological polar surface area (TPSA) is 46.2 Å². The molecule has 0 unspecified atom stereocenters. The van der Waals surface area contributed by atoms with Crippen LogP contribution in [0.25, 0.3) is 0 Å². The summed E-state index contributed by atoms with van der Waals surface area (Å²) >= 11 is 0. The quantitative estimate of drug-likeness (QED) is 0.502. The Bertz CT molecular complexity index is 207. The first kappa shape index (κ1) is 10.9. The van der Waals surface area contributed by atoms with Gasteiger partial charge >= 0.3 is 0 Å². The summed E-state index contributed by atoms with van der Waals surface area (Å²) in [5.74, 6) is -0.204. The van der Waals surface area contributed by atoms with Crippen molar-refractivity contribution in [1.82, 2.24) is 5.32 Å². The molecule has 1 amide bonds. The van der Waals surface area contributed by atoms with Crippen LogP contribution in [0.3, 0.4) is 0 Å². The third kappa shape index (κ3) is 3.91. The summed E-state index contributed by atoms with van der Waals surface area (Å²) in [6.07, 6.45) is 0.825. The van der Waals surface area contributed by atoms with E-state index in [4.69, 9.17) is 0 Å². The van der Waals surface area contributed by atoms with Crippen LogP contribution in [-0.4, -0.2) is 18.7 Å². The average Bonchev–Trinajstić information content (AvgIpc) is 2.00. The Kier molecular flexibility index (Phi) is 3.67. The second-order valence-corrected chi connectivity index (χ2v) is 3.57. The van der Waals surface area contributed by atoms with E-state index in [9.17, 15) is 9.59 Å². The molecule has 0 heterocycles. The molecule has 0 aromatic carbocycles. The molecule has 0 aliphatic heterocycles. The lowest BCUT2D eigenvalue weighted by atomic mass is 9.96. The van der Waals surface area contributed by atoms with Crippen LogP contribution in [0.1, 0.15) is 20.8 Å². The maximum absolute atomic E-state index is 11.0. The number of amides is 1. The van der Waals surface area contributed by atoms with Gasteiger partial charge in [0, 0.05) is 17.5 Å². The van der Waals surface area contributed by atoms with Gasteiger partial charge in [-0.2, -0.15) is 0 Å². The van der Waals surface area contributed by atoms with Gasteiger partial charge < -0.3 is 10.1 Å². The van der Waals surface area contributed by atoms with Crippen LogP contribution in [0.2, 0.25) is 0 Å². The molecule has 0 aromatic rings. The van der Waals surface area contributed by atoms with E-state index in [0.717, 1.165) is 6.29 Å². The molecule has 0 bridgehead atoms. The molecule has 68 valence electrons. The fraction of sp³-hybridized carbons (Fsp3) is 0.556. The molecule has 0 fully saturated rings. The van der Waals surface area contributed by atoms with Gasteiger partial charge in [0.1, 0.15) is 6.29 Å². The van der Waals surface area contributed by atoms with Gasteiger partial charge in [-0.05, 0) is 6.92 Å². The smallest absolute Gasteiger partial charge is 0.246 e. The molecular weight excluding hydrogens is 154 g/mol. The van der Waals surface area contributed by atoms with Crippen LogP contribution >= 0.6 is 0 Å². The van der Waals surface area contributed by atoms with E-state index in [2.05, 4.69) is 11.9 Å². The van der Waals surface area contributed by atoms with E-state index in [-0.39, 0.29) is 5.91 Å². The van der Waals surface area contributed by atoms with Gasteiger partial charge in [-0.1, -0.05) is 20.4 Å². The van der Waals surface area contributed by atoms with Crippen molar-refractivity contribution in [2.75, 3.05) is 6.54 Å². The minimum atomic E-state index is -0.495. The number of nitrogens with one attached hydrogen (secondary N) is 1. The third-order valence-corrected chi connectivity index (χ3v) is 1.41. The fourth-order valence-electron chi connectivity index (χ4n) is 0.501. The van der Waals surface area contributed by atoms with Crippen molar-refractivity contribution >= 4 is 12.2 Å². The van der Waals surface area contributed by atoms with Gasteiger partial charge in [0.2, 0.25) is 5.91 Å². The van der Waals surface area contributed by atoms with Crippen molar-refractivity contribution in [3.8, 4) is 0 Å². The zero-order valence-electron chi connectivity index (χ0n) is 7.81. The highest BCUT2D eigenvalue weighted by Gasteiger charge is 2.17. The highest BCUT2D eigenvalue weighted by molar-refractivity contribution is 5.92. The number of carbonyl (C=O) groups excluding carboxylic acids is 2. The Balaban J connectivity index is 3.91. The van der Waals surface area contributed by atoms with Crippen LogP contribution in [0.15, 0.2) is 12.2 Å². The van der Waals surface area contributed by atoms with Gasteiger partial charge in [-0.25, -0.2) is 0 Å². The monoisotopic (exact) mass is 169 g/mol. The fourth-order valence-corrected chi connectivity index (χ4v) is 0.501. The van der Waals surface area contributed by atoms with Crippen LogP contribution < -0.4 is 5.32 Å². The Morgan fingerprint density at radius 1 is 1.58 bits per heavy atom. The molecule has 0 rings (SSSR count). The Morgan fingerprint density at radius 3 is 2.42 bits per heavy atom. The molecule has 0 aromatic heterocycles. The number of rotatable bonds is 4. The summed E-state index contributed by atoms with van der Waals surface area (Å²) < 4.78 is 0. The molecule has 0 aliphatic rings. The van der Waals surface area contributed by atoms with Crippen LogP contribution in [0.4, 0.5) is 0 Å². The van der Waals surface area contributed by atoms with E-state index >= 15 is 0 Å². The molecule has 1 N–H and O–H groups in total. The van der Waals surface area contributed by atoms with Crippen LogP contribution in [0.5, 0.6) is 0 Å². The summed E-state index contributed by atoms with van der Waals surface area (Å²) in [6.45, 7) is 8.98. The lowest BCUT2D eigenvalue weighted by Gasteiger charge is -2.16. The zero-order chi connectivity index (χ0) is 9.78. The molecule has 3 nitrogen and oxygen atoms in total. The highest BCUT2D eigenvalue weighted by Crippen LogP contribution is 2.08. The minimum absolute atomic E-state index is 0.204. The molecule has 3 heteroatoms. The third-order valence-electron chi connectivity index (χ3n) is 1.41. The van der Waals surface area contributed by atoms with Gasteiger partial charge in [0.15, 0.2) is 0 Å². The number of hydrogen-bond acceptors (Lipinski definition) is 2. The largest absolute Gasteiger partial charge is 0.351 e. The first-order chi connectivity index (χ1) is 5.39. The predicted octanol–water partition coefficient (Wildman–Crippen LogP) is 0.904. The molecule has 0 aliphatic carbocycles. The molecule has 0 saturated carbocycles. The maximum atomic E-state index is 11.0. The van der Waals surface area contributed by atoms with Crippen molar-refractivity contribution in [2.24, 2.45) is 5.41 Å². The van der Waals surface area contributed by atoms with Crippen LogP contribution in [0, 0.1) is 5.41 Å². The second kappa shape index (κ2) is 4.04. The summed E-state index contributed by atoms with van der Waals surface area (Å²) in [7, 11) is 0. The van der Waals surface area contributed by atoms with Crippen molar-refractivity contribution in [2.45, 2.75) is 20.8 Å². The minimum Gasteiger partial charge on any atom is -0.351 e. The lowest BCUT2D eigenvalue weighted by Crippen LogP contribution is -2.35. The second-order valence-electron chi connectivity index (χ2n) is 3.57.